The molecule has 1 atom stereocenters. The molecule has 2 aromatic rings. The van der Waals surface area contributed by atoms with Gasteiger partial charge in [0.05, 0.1) is 0 Å². The Morgan fingerprint density at radius 2 is 1.81 bits per heavy atom. The predicted molar refractivity (Wildman–Crippen MR) is 98.5 cm³/mol. The number of hydrogen-bond acceptors (Lipinski definition) is 3. The summed E-state index contributed by atoms with van der Waals surface area (Å²) in [5, 5.41) is 5.32. The number of nitrogens with zero attached hydrogens (tertiary/aromatic N) is 1. The van der Waals surface area contributed by atoms with Crippen LogP contribution in [0.5, 0.6) is 0 Å². The smallest absolute Gasteiger partial charge is 0.324 e. The molecule has 0 saturated carbocycles. The maximum Gasteiger partial charge on any atom is 0.325 e. The average Bonchev–Trinajstić information content (AvgIpc) is 2.83. The molecule has 0 aliphatic carbocycles. The number of nitrogens with one attached hydrogen (secondary N) is 2. The molecule has 1 saturated heterocycles. The fraction of sp³-hybridized carbons (Fsp3) is 0.250. The Hall–Kier alpha value is -3.22. The summed E-state index contributed by atoms with van der Waals surface area (Å²) in [5.74, 6) is -1.48. The van der Waals surface area contributed by atoms with Gasteiger partial charge in [-0.3, -0.25) is 14.5 Å². The number of aryl methyl sites for hydroxylation is 1. The third kappa shape index (κ3) is 3.40. The lowest BCUT2D eigenvalue weighted by molar-refractivity contribution is -0.133. The zero-order chi connectivity index (χ0) is 19.8. The number of carbonyl (C=O) groups excluding carboxylic acids is 3. The topological polar surface area (TPSA) is 78.5 Å². The zero-order valence-corrected chi connectivity index (χ0v) is 15.3. The third-order valence-electron chi connectivity index (χ3n) is 4.88. The molecule has 0 bridgehead atoms. The highest BCUT2D eigenvalue weighted by Gasteiger charge is 2.49. The molecular weight excluding hydrogens is 349 g/mol. The Labute approximate surface area is 156 Å². The lowest BCUT2D eigenvalue weighted by Gasteiger charge is -2.22. The minimum atomic E-state index is -1.34. The van der Waals surface area contributed by atoms with Crippen LogP contribution in [0.4, 0.5) is 14.9 Å². The number of imide groups is 1. The van der Waals surface area contributed by atoms with Crippen molar-refractivity contribution in [3.05, 3.63) is 65.0 Å². The highest BCUT2D eigenvalue weighted by Crippen LogP contribution is 2.29. The van der Waals surface area contributed by atoms with E-state index in [1.165, 1.54) is 31.2 Å². The average molecular weight is 369 g/mol. The Bertz CT molecular complexity index is 927. The van der Waals surface area contributed by atoms with Crippen molar-refractivity contribution in [2.75, 3.05) is 11.9 Å². The van der Waals surface area contributed by atoms with E-state index in [0.29, 0.717) is 11.3 Å². The molecule has 2 aromatic carbocycles. The number of rotatable bonds is 4. The summed E-state index contributed by atoms with van der Waals surface area (Å²) in [6, 6.07) is 10.2. The van der Waals surface area contributed by atoms with Crippen molar-refractivity contribution >= 4 is 23.5 Å². The molecule has 1 aliphatic heterocycles. The lowest BCUT2D eigenvalue weighted by Crippen LogP contribution is -2.42. The molecule has 2 N–H and O–H groups in total. The van der Waals surface area contributed by atoms with E-state index in [0.717, 1.165) is 16.0 Å². The number of benzene rings is 2. The first kappa shape index (κ1) is 18.6. The molecule has 0 aromatic heterocycles. The number of carbonyl (C=O) groups is 3. The second kappa shape index (κ2) is 6.83. The Morgan fingerprint density at radius 3 is 2.48 bits per heavy atom. The summed E-state index contributed by atoms with van der Waals surface area (Å²) in [6.45, 7) is 4.93. The van der Waals surface area contributed by atoms with Crippen LogP contribution in [-0.4, -0.2) is 29.3 Å². The summed E-state index contributed by atoms with van der Waals surface area (Å²) in [7, 11) is 0. The van der Waals surface area contributed by atoms with Gasteiger partial charge in [-0.05, 0) is 55.7 Å². The number of urea groups is 1. The highest BCUT2D eigenvalue weighted by molar-refractivity contribution is 6.10. The minimum Gasteiger partial charge on any atom is -0.324 e. The van der Waals surface area contributed by atoms with Gasteiger partial charge >= 0.3 is 6.03 Å². The molecule has 0 radical (unpaired) electrons. The standard InChI is InChI=1S/C20H20FN3O3/c1-12-5-4-6-16(13(12)2)22-17(25)11-24-18(26)20(3,23-19(24)27)14-7-9-15(21)10-8-14/h4-10H,11H2,1-3H3,(H,22,25)(H,23,27)/t20-/m1/s1. The second-order valence-electron chi connectivity index (χ2n) is 6.75. The highest BCUT2D eigenvalue weighted by atomic mass is 19.1. The second-order valence-corrected chi connectivity index (χ2v) is 6.75. The fourth-order valence-electron chi connectivity index (χ4n) is 3.04. The molecule has 1 heterocycles. The van der Waals surface area contributed by atoms with Crippen molar-refractivity contribution in [3.8, 4) is 0 Å². The lowest BCUT2D eigenvalue weighted by atomic mass is 9.92. The molecule has 1 aliphatic rings. The van der Waals surface area contributed by atoms with Gasteiger partial charge in [0, 0.05) is 5.69 Å². The molecule has 6 nitrogen and oxygen atoms in total. The molecule has 7 heteroatoms. The largest absolute Gasteiger partial charge is 0.325 e. The molecule has 4 amide bonds. The van der Waals surface area contributed by atoms with Crippen LogP contribution in [0.1, 0.15) is 23.6 Å². The number of amides is 4. The van der Waals surface area contributed by atoms with Crippen molar-refractivity contribution in [1.29, 1.82) is 0 Å². The van der Waals surface area contributed by atoms with Gasteiger partial charge in [0.1, 0.15) is 17.9 Å². The van der Waals surface area contributed by atoms with E-state index >= 15 is 0 Å². The summed E-state index contributed by atoms with van der Waals surface area (Å²) in [5.41, 5.74) is 1.67. The first-order valence-electron chi connectivity index (χ1n) is 8.48. The van der Waals surface area contributed by atoms with Crippen LogP contribution in [0.25, 0.3) is 0 Å². The van der Waals surface area contributed by atoms with Gasteiger partial charge in [-0.1, -0.05) is 24.3 Å². The Kier molecular flexibility index (Phi) is 4.70. The molecule has 0 unspecified atom stereocenters. The number of anilines is 1. The van der Waals surface area contributed by atoms with Crippen LogP contribution < -0.4 is 10.6 Å². The zero-order valence-electron chi connectivity index (χ0n) is 15.3. The number of hydrogen-bond donors (Lipinski definition) is 2. The quantitative estimate of drug-likeness (QED) is 0.814. The SMILES string of the molecule is Cc1cccc(NC(=O)CN2C(=O)N[C@](C)(c3ccc(F)cc3)C2=O)c1C. The van der Waals surface area contributed by atoms with Crippen LogP contribution >= 0.6 is 0 Å². The Balaban J connectivity index is 1.76. The van der Waals surface area contributed by atoms with E-state index in [4.69, 9.17) is 0 Å². The molecule has 140 valence electrons. The van der Waals surface area contributed by atoms with Crippen LogP contribution in [0, 0.1) is 19.7 Å². The van der Waals surface area contributed by atoms with Gasteiger partial charge in [-0.25, -0.2) is 9.18 Å². The van der Waals surface area contributed by atoms with Gasteiger partial charge in [0.15, 0.2) is 0 Å². The van der Waals surface area contributed by atoms with E-state index in [1.807, 2.05) is 26.0 Å². The van der Waals surface area contributed by atoms with Gasteiger partial charge in [-0.2, -0.15) is 0 Å². The fourth-order valence-corrected chi connectivity index (χ4v) is 3.04. The van der Waals surface area contributed by atoms with Gasteiger partial charge < -0.3 is 10.6 Å². The normalized spacial score (nSPS) is 19.2. The van der Waals surface area contributed by atoms with E-state index in [9.17, 15) is 18.8 Å². The van der Waals surface area contributed by atoms with Gasteiger partial charge in [0.25, 0.3) is 5.91 Å². The van der Waals surface area contributed by atoms with Crippen molar-refractivity contribution in [3.63, 3.8) is 0 Å². The first-order chi connectivity index (χ1) is 12.7. The van der Waals surface area contributed by atoms with Crippen LogP contribution in [0.2, 0.25) is 0 Å². The molecule has 3 rings (SSSR count). The van der Waals surface area contributed by atoms with Crippen molar-refractivity contribution in [2.45, 2.75) is 26.3 Å². The minimum absolute atomic E-state index is 0.408. The molecular formula is C20H20FN3O3. The molecule has 0 spiro atoms. The maximum atomic E-state index is 13.2. The van der Waals surface area contributed by atoms with Crippen LogP contribution in [-0.2, 0) is 15.1 Å². The van der Waals surface area contributed by atoms with Gasteiger partial charge in [0.2, 0.25) is 5.91 Å². The molecule has 1 fully saturated rings. The monoisotopic (exact) mass is 369 g/mol. The Morgan fingerprint density at radius 1 is 1.15 bits per heavy atom. The predicted octanol–water partition coefficient (Wildman–Crippen LogP) is 2.85. The van der Waals surface area contributed by atoms with Crippen LogP contribution in [0.15, 0.2) is 42.5 Å². The summed E-state index contributed by atoms with van der Waals surface area (Å²) in [4.78, 5) is 38.3. The summed E-state index contributed by atoms with van der Waals surface area (Å²) in [6.07, 6.45) is 0. The summed E-state index contributed by atoms with van der Waals surface area (Å²) >= 11 is 0. The van der Waals surface area contributed by atoms with E-state index in [2.05, 4.69) is 10.6 Å². The number of halogens is 1. The van der Waals surface area contributed by atoms with E-state index < -0.39 is 35.7 Å². The molecule has 27 heavy (non-hydrogen) atoms. The van der Waals surface area contributed by atoms with Crippen molar-refractivity contribution in [1.82, 2.24) is 10.2 Å². The van der Waals surface area contributed by atoms with E-state index in [1.54, 1.807) is 6.07 Å². The van der Waals surface area contributed by atoms with Crippen LogP contribution in [0.3, 0.4) is 0 Å². The van der Waals surface area contributed by atoms with Gasteiger partial charge in [-0.15, -0.1) is 0 Å². The maximum absolute atomic E-state index is 13.2. The van der Waals surface area contributed by atoms with Crippen molar-refractivity contribution < 1.29 is 18.8 Å². The third-order valence-corrected chi connectivity index (χ3v) is 4.88. The summed E-state index contributed by atoms with van der Waals surface area (Å²) < 4.78 is 13.2. The first-order valence-corrected chi connectivity index (χ1v) is 8.48. The van der Waals surface area contributed by atoms with Crippen molar-refractivity contribution in [2.24, 2.45) is 0 Å². The van der Waals surface area contributed by atoms with E-state index in [-0.39, 0.29) is 0 Å².